The fourth-order valence-electron chi connectivity index (χ4n) is 5.31. The van der Waals surface area contributed by atoms with Crippen molar-refractivity contribution in [3.8, 4) is 0 Å². The fourth-order valence-corrected chi connectivity index (χ4v) is 5.31. The summed E-state index contributed by atoms with van der Waals surface area (Å²) in [5, 5.41) is 4.18. The number of hydrogen-bond acceptors (Lipinski definition) is 5. The van der Waals surface area contributed by atoms with Gasteiger partial charge in [-0.2, -0.15) is 10.1 Å². The first-order chi connectivity index (χ1) is 13.7. The van der Waals surface area contributed by atoms with Gasteiger partial charge in [-0.15, -0.1) is 0 Å². The summed E-state index contributed by atoms with van der Waals surface area (Å²) in [6.07, 6.45) is 7.74. The smallest absolute Gasteiger partial charge is 0.252 e. The van der Waals surface area contributed by atoms with E-state index in [1.54, 1.807) is 10.8 Å². The van der Waals surface area contributed by atoms with Gasteiger partial charge < -0.3 is 4.90 Å². The van der Waals surface area contributed by atoms with Gasteiger partial charge in [0, 0.05) is 38.1 Å². The zero-order valence-corrected chi connectivity index (χ0v) is 16.7. The van der Waals surface area contributed by atoms with E-state index in [2.05, 4.69) is 69.3 Å². The van der Waals surface area contributed by atoms with Crippen molar-refractivity contribution in [2.75, 3.05) is 33.2 Å². The van der Waals surface area contributed by atoms with Crippen molar-refractivity contribution in [2.24, 2.45) is 11.8 Å². The van der Waals surface area contributed by atoms with E-state index in [-0.39, 0.29) is 0 Å². The van der Waals surface area contributed by atoms with E-state index in [0.29, 0.717) is 11.8 Å². The second-order valence-corrected chi connectivity index (χ2v) is 8.49. The summed E-state index contributed by atoms with van der Waals surface area (Å²) < 4.78 is 1.76. The highest BCUT2D eigenvalue weighted by Crippen LogP contribution is 2.44. The number of hydrogen-bond donors (Lipinski definition) is 0. The number of nitrogens with zero attached hydrogens (tertiary/aromatic N) is 6. The molecule has 0 N–H and O–H groups in total. The van der Waals surface area contributed by atoms with Gasteiger partial charge in [0.2, 0.25) is 0 Å². The van der Waals surface area contributed by atoms with Crippen LogP contribution in [0.4, 0.5) is 0 Å². The van der Waals surface area contributed by atoms with Crippen LogP contribution in [0.25, 0.3) is 5.78 Å². The highest BCUT2D eigenvalue weighted by atomic mass is 15.3. The first-order valence-electron chi connectivity index (χ1n) is 10.3. The molecule has 3 atom stereocenters. The van der Waals surface area contributed by atoms with E-state index in [9.17, 15) is 0 Å². The lowest BCUT2D eigenvalue weighted by molar-refractivity contribution is 0.226. The Labute approximate surface area is 166 Å². The van der Waals surface area contributed by atoms with Gasteiger partial charge in [0.05, 0.1) is 0 Å². The molecular weight excluding hydrogens is 348 g/mol. The van der Waals surface area contributed by atoms with Crippen LogP contribution in [0, 0.1) is 18.8 Å². The number of benzene rings is 1. The molecule has 1 aromatic carbocycles. The Morgan fingerprint density at radius 2 is 2.00 bits per heavy atom. The van der Waals surface area contributed by atoms with Crippen molar-refractivity contribution in [2.45, 2.75) is 25.8 Å². The topological polar surface area (TPSA) is 49.6 Å². The average molecular weight is 377 g/mol. The van der Waals surface area contributed by atoms with E-state index >= 15 is 0 Å². The van der Waals surface area contributed by atoms with Crippen LogP contribution in [0.2, 0.25) is 0 Å². The van der Waals surface area contributed by atoms with Crippen LogP contribution in [-0.2, 0) is 6.42 Å². The van der Waals surface area contributed by atoms with E-state index in [0.717, 1.165) is 31.2 Å². The summed E-state index contributed by atoms with van der Waals surface area (Å²) in [5.74, 6) is 2.21. The van der Waals surface area contributed by atoms with E-state index < -0.39 is 0 Å². The quantitative estimate of drug-likeness (QED) is 0.685. The Kier molecular flexibility index (Phi) is 4.61. The lowest BCUT2D eigenvalue weighted by Gasteiger charge is -2.28. The van der Waals surface area contributed by atoms with E-state index in [1.807, 2.05) is 6.20 Å². The van der Waals surface area contributed by atoms with Crippen molar-refractivity contribution in [3.05, 3.63) is 59.7 Å². The molecule has 4 heterocycles. The molecule has 28 heavy (non-hydrogen) atoms. The third kappa shape index (κ3) is 3.20. The third-order valence-electron chi connectivity index (χ3n) is 6.61. The molecule has 0 unspecified atom stereocenters. The molecule has 0 saturated carbocycles. The molecule has 146 valence electrons. The molecule has 2 aromatic heterocycles. The first-order valence-corrected chi connectivity index (χ1v) is 10.3. The van der Waals surface area contributed by atoms with Gasteiger partial charge in [0.15, 0.2) is 0 Å². The summed E-state index contributed by atoms with van der Waals surface area (Å²) in [7, 11) is 2.30. The maximum atomic E-state index is 4.37. The summed E-state index contributed by atoms with van der Waals surface area (Å²) in [4.78, 5) is 13.7. The number of aromatic nitrogens is 4. The van der Waals surface area contributed by atoms with Gasteiger partial charge in [0.1, 0.15) is 6.33 Å². The van der Waals surface area contributed by atoms with Crippen molar-refractivity contribution in [1.29, 1.82) is 0 Å². The van der Waals surface area contributed by atoms with Crippen LogP contribution in [0.5, 0.6) is 0 Å². The van der Waals surface area contributed by atoms with Crippen LogP contribution < -0.4 is 0 Å². The number of fused-ring (bicyclic) bond motifs is 2. The van der Waals surface area contributed by atoms with Gasteiger partial charge in [-0.1, -0.05) is 24.3 Å². The molecule has 5 rings (SSSR count). The summed E-state index contributed by atoms with van der Waals surface area (Å²) in [6, 6.07) is 9.49. The summed E-state index contributed by atoms with van der Waals surface area (Å²) in [6.45, 7) is 7.08. The normalized spacial score (nSPS) is 25.6. The second-order valence-electron chi connectivity index (χ2n) is 8.49. The van der Waals surface area contributed by atoms with Gasteiger partial charge in [-0.25, -0.2) is 9.50 Å². The van der Waals surface area contributed by atoms with Crippen LogP contribution in [0.1, 0.15) is 29.2 Å². The lowest BCUT2D eigenvalue weighted by atomic mass is 9.88. The molecule has 0 bridgehead atoms. The number of rotatable bonds is 5. The average Bonchev–Trinajstić information content (AvgIpc) is 3.36. The maximum absolute atomic E-state index is 4.37. The predicted molar refractivity (Wildman–Crippen MR) is 109 cm³/mol. The monoisotopic (exact) mass is 376 g/mol. The van der Waals surface area contributed by atoms with Crippen molar-refractivity contribution in [3.63, 3.8) is 0 Å². The van der Waals surface area contributed by atoms with Crippen LogP contribution >= 0.6 is 0 Å². The Hall–Kier alpha value is -2.31. The minimum Gasteiger partial charge on any atom is -0.303 e. The zero-order valence-electron chi connectivity index (χ0n) is 16.7. The summed E-state index contributed by atoms with van der Waals surface area (Å²) >= 11 is 0. The standard InChI is InChI=1S/C22H28N6/c1-16-6-3-4-8-19(16)21-20-14-27(13-18(20)12-26(21)2)9-5-7-17-10-23-22-24-15-25-28(22)11-17/h3-4,6,8,10-11,15,18,20-21H,5,7,9,12-14H2,1-2H3/t18-,20+,21-/m0/s1. The summed E-state index contributed by atoms with van der Waals surface area (Å²) in [5.41, 5.74) is 4.18. The predicted octanol–water partition coefficient (Wildman–Crippen LogP) is 2.60. The van der Waals surface area contributed by atoms with Crippen LogP contribution in [0.3, 0.4) is 0 Å². The molecule has 3 aromatic rings. The highest BCUT2D eigenvalue weighted by molar-refractivity contribution is 5.31. The lowest BCUT2D eigenvalue weighted by Crippen LogP contribution is -2.30. The van der Waals surface area contributed by atoms with Gasteiger partial charge in [-0.3, -0.25) is 4.90 Å². The number of aryl methyl sites for hydroxylation is 2. The molecule has 0 spiro atoms. The van der Waals surface area contributed by atoms with Crippen molar-refractivity contribution in [1.82, 2.24) is 29.4 Å². The molecule has 2 aliphatic rings. The van der Waals surface area contributed by atoms with Crippen molar-refractivity contribution < 1.29 is 0 Å². The Balaban J connectivity index is 1.20. The highest BCUT2D eigenvalue weighted by Gasteiger charge is 2.46. The maximum Gasteiger partial charge on any atom is 0.252 e. The Bertz CT molecular complexity index is 966. The first kappa shape index (κ1) is 17.8. The molecular formula is C22H28N6. The molecule has 2 aliphatic heterocycles. The minimum absolute atomic E-state index is 0.565. The Morgan fingerprint density at radius 3 is 2.89 bits per heavy atom. The van der Waals surface area contributed by atoms with E-state index in [4.69, 9.17) is 0 Å². The molecule has 2 saturated heterocycles. The fraction of sp³-hybridized carbons (Fsp3) is 0.500. The van der Waals surface area contributed by atoms with Gasteiger partial charge >= 0.3 is 0 Å². The minimum atomic E-state index is 0.565. The zero-order chi connectivity index (χ0) is 19.1. The second kappa shape index (κ2) is 7.26. The Morgan fingerprint density at radius 1 is 1.11 bits per heavy atom. The number of likely N-dealkylation sites (tertiary alicyclic amines) is 2. The molecule has 6 heteroatoms. The largest absolute Gasteiger partial charge is 0.303 e. The van der Waals surface area contributed by atoms with Crippen LogP contribution in [0.15, 0.2) is 43.0 Å². The van der Waals surface area contributed by atoms with Gasteiger partial charge in [-0.05, 0) is 61.9 Å². The van der Waals surface area contributed by atoms with E-state index in [1.165, 1.54) is 36.3 Å². The van der Waals surface area contributed by atoms with Crippen molar-refractivity contribution >= 4 is 5.78 Å². The third-order valence-corrected chi connectivity index (χ3v) is 6.61. The molecule has 0 aliphatic carbocycles. The molecule has 2 fully saturated rings. The molecule has 0 amide bonds. The van der Waals surface area contributed by atoms with Gasteiger partial charge in [0.25, 0.3) is 5.78 Å². The molecule has 0 radical (unpaired) electrons. The SMILES string of the molecule is Cc1ccccc1[C@H]1[C@@H]2CN(CCCc3cnc4ncnn4c3)C[C@@H]2CN1C. The van der Waals surface area contributed by atoms with Crippen LogP contribution in [-0.4, -0.2) is 62.6 Å². The molecule has 6 nitrogen and oxygen atoms in total.